The third-order valence-electron chi connectivity index (χ3n) is 3.42. The van der Waals surface area contributed by atoms with Crippen LogP contribution in [0.15, 0.2) is 29.6 Å². The Morgan fingerprint density at radius 3 is 2.80 bits per heavy atom. The van der Waals surface area contributed by atoms with Gasteiger partial charge in [0.25, 0.3) is 0 Å². The average molecular weight is 283 g/mol. The number of thiophene rings is 1. The van der Waals surface area contributed by atoms with Crippen molar-refractivity contribution in [3.63, 3.8) is 0 Å². The molecule has 1 aromatic carbocycles. The summed E-state index contributed by atoms with van der Waals surface area (Å²) in [7, 11) is 1.91. The van der Waals surface area contributed by atoms with Gasteiger partial charge < -0.3 is 5.32 Å². The predicted molar refractivity (Wildman–Crippen MR) is 86.5 cm³/mol. The minimum absolute atomic E-state index is 0.817. The number of nitrogens with one attached hydrogen (secondary N) is 1. The number of fused-ring (bicyclic) bond motifs is 1. The first-order valence-corrected chi connectivity index (χ1v) is 7.63. The SMILES string of the molecule is CCc1ccsc1-c1nc(NC)c2cc(C)ccc2n1. The lowest BCUT2D eigenvalue weighted by molar-refractivity contribution is 1.14. The highest BCUT2D eigenvalue weighted by Crippen LogP contribution is 2.31. The molecule has 0 aliphatic rings. The van der Waals surface area contributed by atoms with Gasteiger partial charge in [0.05, 0.1) is 10.4 Å². The average Bonchev–Trinajstić information content (AvgIpc) is 2.94. The predicted octanol–water partition coefficient (Wildman–Crippen LogP) is 4.27. The molecule has 0 unspecified atom stereocenters. The van der Waals surface area contributed by atoms with Gasteiger partial charge in [-0.15, -0.1) is 11.3 Å². The fraction of sp³-hybridized carbons (Fsp3) is 0.250. The largest absolute Gasteiger partial charge is 0.373 e. The smallest absolute Gasteiger partial charge is 0.172 e. The van der Waals surface area contributed by atoms with Crippen LogP contribution in [0.2, 0.25) is 0 Å². The van der Waals surface area contributed by atoms with Gasteiger partial charge in [-0.25, -0.2) is 9.97 Å². The van der Waals surface area contributed by atoms with Crippen LogP contribution >= 0.6 is 11.3 Å². The number of hydrogen-bond donors (Lipinski definition) is 1. The van der Waals surface area contributed by atoms with E-state index in [1.54, 1.807) is 11.3 Å². The molecule has 0 amide bonds. The lowest BCUT2D eigenvalue weighted by Crippen LogP contribution is -1.99. The third-order valence-corrected chi connectivity index (χ3v) is 4.37. The monoisotopic (exact) mass is 283 g/mol. The zero-order valence-electron chi connectivity index (χ0n) is 11.9. The molecule has 102 valence electrons. The Bertz CT molecular complexity index is 762. The van der Waals surface area contributed by atoms with E-state index in [0.29, 0.717) is 0 Å². The number of aromatic nitrogens is 2. The normalized spacial score (nSPS) is 10.9. The van der Waals surface area contributed by atoms with E-state index in [9.17, 15) is 0 Å². The first-order valence-electron chi connectivity index (χ1n) is 6.75. The maximum absolute atomic E-state index is 4.74. The van der Waals surface area contributed by atoms with Gasteiger partial charge in [0.1, 0.15) is 5.82 Å². The third kappa shape index (κ3) is 2.16. The van der Waals surface area contributed by atoms with E-state index in [2.05, 4.69) is 48.8 Å². The summed E-state index contributed by atoms with van der Waals surface area (Å²) >= 11 is 1.71. The van der Waals surface area contributed by atoms with Crippen molar-refractivity contribution in [3.8, 4) is 10.7 Å². The van der Waals surface area contributed by atoms with E-state index in [0.717, 1.165) is 29.0 Å². The highest BCUT2D eigenvalue weighted by molar-refractivity contribution is 7.13. The van der Waals surface area contributed by atoms with Crippen molar-refractivity contribution in [1.29, 1.82) is 0 Å². The van der Waals surface area contributed by atoms with Crippen molar-refractivity contribution >= 4 is 28.1 Å². The van der Waals surface area contributed by atoms with Crippen LogP contribution in [0.4, 0.5) is 5.82 Å². The van der Waals surface area contributed by atoms with E-state index in [4.69, 9.17) is 9.97 Å². The van der Waals surface area contributed by atoms with Gasteiger partial charge in [-0.2, -0.15) is 0 Å². The summed E-state index contributed by atoms with van der Waals surface area (Å²) in [4.78, 5) is 10.6. The molecule has 0 saturated heterocycles. The molecule has 4 heteroatoms. The van der Waals surface area contributed by atoms with E-state index in [1.807, 2.05) is 7.05 Å². The van der Waals surface area contributed by atoms with Crippen LogP contribution < -0.4 is 5.32 Å². The molecule has 0 saturated carbocycles. The Labute approximate surface area is 122 Å². The molecule has 0 aliphatic heterocycles. The van der Waals surface area contributed by atoms with Gasteiger partial charge >= 0.3 is 0 Å². The summed E-state index contributed by atoms with van der Waals surface area (Å²) in [6.45, 7) is 4.25. The Balaban J connectivity index is 2.25. The molecular weight excluding hydrogens is 266 g/mol. The van der Waals surface area contributed by atoms with Gasteiger partial charge in [-0.05, 0) is 42.5 Å². The molecule has 0 aliphatic carbocycles. The Morgan fingerprint density at radius 2 is 2.05 bits per heavy atom. The van der Waals surface area contributed by atoms with Crippen molar-refractivity contribution in [1.82, 2.24) is 9.97 Å². The maximum Gasteiger partial charge on any atom is 0.172 e. The molecule has 1 N–H and O–H groups in total. The summed E-state index contributed by atoms with van der Waals surface area (Å²) in [5, 5.41) is 6.37. The van der Waals surface area contributed by atoms with E-state index >= 15 is 0 Å². The van der Waals surface area contributed by atoms with Crippen molar-refractivity contribution in [2.75, 3.05) is 12.4 Å². The fourth-order valence-corrected chi connectivity index (χ4v) is 3.27. The van der Waals surface area contributed by atoms with Crippen molar-refractivity contribution < 1.29 is 0 Å². The molecule has 0 radical (unpaired) electrons. The van der Waals surface area contributed by atoms with Crippen molar-refractivity contribution in [3.05, 3.63) is 40.8 Å². The quantitative estimate of drug-likeness (QED) is 0.780. The molecule has 3 aromatic rings. The lowest BCUT2D eigenvalue weighted by atomic mass is 10.1. The fourth-order valence-electron chi connectivity index (χ4n) is 2.34. The molecule has 3 nitrogen and oxygen atoms in total. The van der Waals surface area contributed by atoms with E-state index < -0.39 is 0 Å². The Kier molecular flexibility index (Phi) is 3.40. The van der Waals surface area contributed by atoms with E-state index in [-0.39, 0.29) is 0 Å². The minimum atomic E-state index is 0.817. The summed E-state index contributed by atoms with van der Waals surface area (Å²) in [5.74, 6) is 1.71. The minimum Gasteiger partial charge on any atom is -0.373 e. The molecule has 20 heavy (non-hydrogen) atoms. The second-order valence-corrected chi connectivity index (χ2v) is 5.71. The van der Waals surface area contributed by atoms with Gasteiger partial charge in [0.15, 0.2) is 5.82 Å². The van der Waals surface area contributed by atoms with Crippen LogP contribution in [0.1, 0.15) is 18.1 Å². The molecule has 0 atom stereocenters. The molecule has 3 rings (SSSR count). The number of nitrogens with zero attached hydrogens (tertiary/aromatic N) is 2. The Morgan fingerprint density at radius 1 is 1.20 bits per heavy atom. The molecule has 2 heterocycles. The standard InChI is InChI=1S/C16H17N3S/c1-4-11-7-8-20-14(11)16-18-13-6-5-10(2)9-12(13)15(17-3)19-16/h5-9H,4H2,1-3H3,(H,17,18,19). The number of anilines is 1. The molecular formula is C16H17N3S. The number of aryl methyl sites for hydroxylation is 2. The molecule has 2 aromatic heterocycles. The van der Waals surface area contributed by atoms with Crippen LogP contribution in [0.25, 0.3) is 21.6 Å². The highest BCUT2D eigenvalue weighted by Gasteiger charge is 2.12. The van der Waals surface area contributed by atoms with Crippen LogP contribution in [0, 0.1) is 6.92 Å². The summed E-state index contributed by atoms with van der Waals surface area (Å²) < 4.78 is 0. The molecule has 0 bridgehead atoms. The number of benzene rings is 1. The van der Waals surface area contributed by atoms with Gasteiger partial charge in [-0.3, -0.25) is 0 Å². The van der Waals surface area contributed by atoms with Gasteiger partial charge in [0, 0.05) is 12.4 Å². The first-order chi connectivity index (χ1) is 9.72. The maximum atomic E-state index is 4.74. The zero-order chi connectivity index (χ0) is 14.1. The van der Waals surface area contributed by atoms with Crippen molar-refractivity contribution in [2.45, 2.75) is 20.3 Å². The summed E-state index contributed by atoms with van der Waals surface area (Å²) in [6, 6.07) is 8.44. The van der Waals surface area contributed by atoms with E-state index in [1.165, 1.54) is 16.0 Å². The lowest BCUT2D eigenvalue weighted by Gasteiger charge is -2.09. The molecule has 0 spiro atoms. The van der Waals surface area contributed by atoms with Crippen molar-refractivity contribution in [2.24, 2.45) is 0 Å². The van der Waals surface area contributed by atoms with Crippen LogP contribution in [0.5, 0.6) is 0 Å². The highest BCUT2D eigenvalue weighted by atomic mass is 32.1. The number of rotatable bonds is 3. The second-order valence-electron chi connectivity index (χ2n) is 4.79. The van der Waals surface area contributed by atoms with Crippen LogP contribution in [-0.4, -0.2) is 17.0 Å². The topological polar surface area (TPSA) is 37.8 Å². The zero-order valence-corrected chi connectivity index (χ0v) is 12.7. The second kappa shape index (κ2) is 5.21. The number of hydrogen-bond acceptors (Lipinski definition) is 4. The van der Waals surface area contributed by atoms with Gasteiger partial charge in [-0.1, -0.05) is 18.6 Å². The van der Waals surface area contributed by atoms with Crippen LogP contribution in [0.3, 0.4) is 0 Å². The molecule has 0 fully saturated rings. The Hall–Kier alpha value is -1.94. The summed E-state index contributed by atoms with van der Waals surface area (Å²) in [5.41, 5.74) is 3.51. The van der Waals surface area contributed by atoms with Crippen LogP contribution in [-0.2, 0) is 6.42 Å². The van der Waals surface area contributed by atoms with Gasteiger partial charge in [0.2, 0.25) is 0 Å². The first kappa shape index (κ1) is 13.1. The summed E-state index contributed by atoms with van der Waals surface area (Å²) in [6.07, 6.45) is 1.00.